The maximum Gasteiger partial charge on any atom is 0.0352 e. The zero-order valence-corrected chi connectivity index (χ0v) is 10.2. The molecule has 3 aromatic rings. The lowest BCUT2D eigenvalue weighted by molar-refractivity contribution is 1.36. The van der Waals surface area contributed by atoms with Gasteiger partial charge in [0.05, 0.1) is 0 Å². The zero-order chi connectivity index (χ0) is 12.5. The van der Waals surface area contributed by atoms with Gasteiger partial charge in [-0.3, -0.25) is 4.98 Å². The van der Waals surface area contributed by atoms with E-state index in [-0.39, 0.29) is 0 Å². The van der Waals surface area contributed by atoms with E-state index in [9.17, 15) is 0 Å². The SMILES string of the molecule is Cc1ccc(-c2cncc3ccccc23)cc1N. The number of pyridine rings is 1. The summed E-state index contributed by atoms with van der Waals surface area (Å²) in [5.74, 6) is 0. The van der Waals surface area contributed by atoms with Crippen LogP contribution in [0.4, 0.5) is 5.69 Å². The average Bonchev–Trinajstić information content (AvgIpc) is 2.41. The number of rotatable bonds is 1. The third kappa shape index (κ3) is 1.72. The fourth-order valence-corrected chi connectivity index (χ4v) is 2.15. The van der Waals surface area contributed by atoms with Gasteiger partial charge in [0.1, 0.15) is 0 Å². The minimum absolute atomic E-state index is 0.820. The molecule has 0 fully saturated rings. The highest BCUT2D eigenvalue weighted by Crippen LogP contribution is 2.29. The number of anilines is 1. The molecule has 0 radical (unpaired) electrons. The van der Waals surface area contributed by atoms with Crippen LogP contribution in [0.25, 0.3) is 21.9 Å². The summed E-state index contributed by atoms with van der Waals surface area (Å²) in [6.45, 7) is 2.01. The van der Waals surface area contributed by atoms with Gasteiger partial charge in [0.2, 0.25) is 0 Å². The molecule has 2 nitrogen and oxygen atoms in total. The highest BCUT2D eigenvalue weighted by Gasteiger charge is 2.05. The standard InChI is InChI=1S/C16H14N2/c1-11-6-7-12(8-16(11)17)15-10-18-9-13-4-2-3-5-14(13)15/h2-10H,17H2,1H3. The lowest BCUT2D eigenvalue weighted by Gasteiger charge is -2.08. The van der Waals surface area contributed by atoms with E-state index in [1.807, 2.05) is 43.6 Å². The van der Waals surface area contributed by atoms with Gasteiger partial charge in [-0.05, 0) is 29.5 Å². The van der Waals surface area contributed by atoms with Crippen molar-refractivity contribution >= 4 is 16.5 Å². The van der Waals surface area contributed by atoms with Crippen LogP contribution in [-0.4, -0.2) is 4.98 Å². The van der Waals surface area contributed by atoms with E-state index in [4.69, 9.17) is 5.73 Å². The summed E-state index contributed by atoms with van der Waals surface area (Å²) >= 11 is 0. The Morgan fingerprint density at radius 3 is 2.67 bits per heavy atom. The Kier molecular flexibility index (Phi) is 2.49. The van der Waals surface area contributed by atoms with Crippen molar-refractivity contribution in [3.63, 3.8) is 0 Å². The first-order valence-electron chi connectivity index (χ1n) is 5.95. The van der Waals surface area contributed by atoms with Crippen LogP contribution in [0.1, 0.15) is 5.56 Å². The quantitative estimate of drug-likeness (QED) is 0.650. The van der Waals surface area contributed by atoms with E-state index in [1.165, 1.54) is 5.39 Å². The highest BCUT2D eigenvalue weighted by molar-refractivity contribution is 5.96. The number of nitrogens with zero attached hydrogens (tertiary/aromatic N) is 1. The molecule has 0 saturated carbocycles. The van der Waals surface area contributed by atoms with Gasteiger partial charge in [-0.25, -0.2) is 0 Å². The number of aryl methyl sites for hydroxylation is 1. The second-order valence-corrected chi connectivity index (χ2v) is 4.48. The molecule has 0 unspecified atom stereocenters. The topological polar surface area (TPSA) is 38.9 Å². The average molecular weight is 234 g/mol. The van der Waals surface area contributed by atoms with Crippen molar-refractivity contribution in [2.24, 2.45) is 0 Å². The molecule has 0 aliphatic carbocycles. The Morgan fingerprint density at radius 1 is 1.00 bits per heavy atom. The Balaban J connectivity index is 2.28. The number of hydrogen-bond acceptors (Lipinski definition) is 2. The van der Waals surface area contributed by atoms with E-state index >= 15 is 0 Å². The van der Waals surface area contributed by atoms with Gasteiger partial charge in [0.25, 0.3) is 0 Å². The van der Waals surface area contributed by atoms with E-state index in [0.717, 1.165) is 27.8 Å². The predicted octanol–water partition coefficient (Wildman–Crippen LogP) is 3.79. The van der Waals surface area contributed by atoms with E-state index in [1.54, 1.807) is 0 Å². The molecule has 18 heavy (non-hydrogen) atoms. The Labute approximate surface area is 106 Å². The summed E-state index contributed by atoms with van der Waals surface area (Å²) in [7, 11) is 0. The molecular formula is C16H14N2. The van der Waals surface area contributed by atoms with E-state index in [0.29, 0.717) is 0 Å². The fraction of sp³-hybridized carbons (Fsp3) is 0.0625. The lowest BCUT2D eigenvalue weighted by Crippen LogP contribution is -1.91. The first kappa shape index (κ1) is 10.8. The van der Waals surface area contributed by atoms with Gasteiger partial charge in [-0.15, -0.1) is 0 Å². The number of nitrogens with two attached hydrogens (primary N) is 1. The van der Waals surface area contributed by atoms with Crippen LogP contribution in [0, 0.1) is 6.92 Å². The Morgan fingerprint density at radius 2 is 1.83 bits per heavy atom. The first-order chi connectivity index (χ1) is 8.75. The summed E-state index contributed by atoms with van der Waals surface area (Å²) in [5, 5.41) is 2.35. The molecule has 0 saturated heterocycles. The molecule has 0 spiro atoms. The van der Waals surface area contributed by atoms with Crippen LogP contribution in [0.15, 0.2) is 54.9 Å². The third-order valence-electron chi connectivity index (χ3n) is 3.26. The van der Waals surface area contributed by atoms with Crippen LogP contribution in [-0.2, 0) is 0 Å². The number of hydrogen-bond donors (Lipinski definition) is 1. The second-order valence-electron chi connectivity index (χ2n) is 4.48. The normalized spacial score (nSPS) is 10.7. The highest BCUT2D eigenvalue weighted by atomic mass is 14.6. The molecule has 0 amide bonds. The van der Waals surface area contributed by atoms with E-state index in [2.05, 4.69) is 23.2 Å². The van der Waals surface area contributed by atoms with Crippen molar-refractivity contribution in [2.75, 3.05) is 5.73 Å². The van der Waals surface area contributed by atoms with Crippen molar-refractivity contribution < 1.29 is 0 Å². The fourth-order valence-electron chi connectivity index (χ4n) is 2.15. The van der Waals surface area contributed by atoms with Crippen LogP contribution in [0.5, 0.6) is 0 Å². The molecule has 1 heterocycles. The minimum atomic E-state index is 0.820. The molecule has 3 rings (SSSR count). The molecule has 0 bridgehead atoms. The van der Waals surface area contributed by atoms with Gasteiger partial charge < -0.3 is 5.73 Å². The van der Waals surface area contributed by atoms with Crippen LogP contribution in [0.2, 0.25) is 0 Å². The predicted molar refractivity (Wildman–Crippen MR) is 76.3 cm³/mol. The monoisotopic (exact) mass is 234 g/mol. The smallest absolute Gasteiger partial charge is 0.0352 e. The molecule has 1 aromatic heterocycles. The van der Waals surface area contributed by atoms with Crippen LogP contribution >= 0.6 is 0 Å². The largest absolute Gasteiger partial charge is 0.398 e. The molecule has 2 N–H and O–H groups in total. The van der Waals surface area contributed by atoms with Crippen LogP contribution in [0.3, 0.4) is 0 Å². The summed E-state index contributed by atoms with van der Waals surface area (Å²) < 4.78 is 0. The molecular weight excluding hydrogens is 220 g/mol. The summed E-state index contributed by atoms with van der Waals surface area (Å²) in [6, 6.07) is 14.4. The maximum absolute atomic E-state index is 5.98. The first-order valence-corrected chi connectivity index (χ1v) is 5.95. The molecule has 0 aliphatic heterocycles. The molecule has 88 valence electrons. The number of fused-ring (bicyclic) bond motifs is 1. The molecule has 2 aromatic carbocycles. The summed E-state index contributed by atoms with van der Waals surface area (Å²) in [6.07, 6.45) is 3.78. The van der Waals surface area contributed by atoms with Gasteiger partial charge in [-0.1, -0.05) is 36.4 Å². The third-order valence-corrected chi connectivity index (χ3v) is 3.26. The maximum atomic E-state index is 5.98. The van der Waals surface area contributed by atoms with Crippen molar-refractivity contribution in [2.45, 2.75) is 6.92 Å². The van der Waals surface area contributed by atoms with Gasteiger partial charge in [0, 0.05) is 29.0 Å². The Bertz CT molecular complexity index is 712. The number of aromatic nitrogens is 1. The van der Waals surface area contributed by atoms with Crippen molar-refractivity contribution in [3.8, 4) is 11.1 Å². The second kappa shape index (κ2) is 4.15. The van der Waals surface area contributed by atoms with Gasteiger partial charge in [0.15, 0.2) is 0 Å². The molecule has 0 aliphatic rings. The Hall–Kier alpha value is -2.35. The lowest BCUT2D eigenvalue weighted by atomic mass is 9.99. The number of nitrogen functional groups attached to an aromatic ring is 1. The van der Waals surface area contributed by atoms with Gasteiger partial charge in [-0.2, -0.15) is 0 Å². The van der Waals surface area contributed by atoms with Crippen LogP contribution < -0.4 is 5.73 Å². The van der Waals surface area contributed by atoms with Gasteiger partial charge >= 0.3 is 0 Å². The number of benzene rings is 2. The van der Waals surface area contributed by atoms with Crippen molar-refractivity contribution in [1.82, 2.24) is 4.98 Å². The summed E-state index contributed by atoms with van der Waals surface area (Å²) in [5.41, 5.74) is 10.1. The summed E-state index contributed by atoms with van der Waals surface area (Å²) in [4.78, 5) is 4.30. The molecule has 2 heteroatoms. The van der Waals surface area contributed by atoms with Crippen molar-refractivity contribution in [1.29, 1.82) is 0 Å². The zero-order valence-electron chi connectivity index (χ0n) is 10.2. The van der Waals surface area contributed by atoms with E-state index < -0.39 is 0 Å². The minimum Gasteiger partial charge on any atom is -0.398 e. The van der Waals surface area contributed by atoms with Crippen molar-refractivity contribution in [3.05, 3.63) is 60.4 Å². The molecule has 0 atom stereocenters.